The summed E-state index contributed by atoms with van der Waals surface area (Å²) in [6, 6.07) is 9.02. The fourth-order valence-corrected chi connectivity index (χ4v) is 1.71. The van der Waals surface area contributed by atoms with Gasteiger partial charge in [0.1, 0.15) is 6.61 Å². The molecule has 0 atom stereocenters. The Morgan fingerprint density at radius 3 is 2.60 bits per heavy atom. The van der Waals surface area contributed by atoms with E-state index >= 15 is 0 Å². The molecule has 5 nitrogen and oxygen atoms in total. The Morgan fingerprint density at radius 2 is 1.95 bits per heavy atom. The lowest BCUT2D eigenvalue weighted by Gasteiger charge is -2.12. The molecule has 0 fully saturated rings. The van der Waals surface area contributed by atoms with Crippen molar-refractivity contribution in [1.29, 1.82) is 0 Å². The number of amides is 1. The van der Waals surface area contributed by atoms with Gasteiger partial charge in [-0.3, -0.25) is 9.78 Å². The van der Waals surface area contributed by atoms with Gasteiger partial charge >= 0.3 is 0 Å². The van der Waals surface area contributed by atoms with Crippen molar-refractivity contribution in [3.05, 3.63) is 48.3 Å². The number of methoxy groups -OCH3 is 1. The van der Waals surface area contributed by atoms with Gasteiger partial charge in [-0.2, -0.15) is 0 Å². The number of benzene rings is 1. The highest BCUT2D eigenvalue weighted by Gasteiger charge is 2.07. The molecule has 2 aromatic rings. The highest BCUT2D eigenvalue weighted by Crippen LogP contribution is 2.30. The first-order valence-corrected chi connectivity index (χ1v) is 6.16. The highest BCUT2D eigenvalue weighted by molar-refractivity contribution is 5.89. The average Bonchev–Trinajstić information content (AvgIpc) is 2.46. The van der Waals surface area contributed by atoms with Crippen LogP contribution in [0.1, 0.15) is 12.5 Å². The first kappa shape index (κ1) is 13.9. The molecule has 0 radical (unpaired) electrons. The van der Waals surface area contributed by atoms with E-state index < -0.39 is 0 Å². The molecule has 1 heterocycles. The van der Waals surface area contributed by atoms with Gasteiger partial charge in [-0.1, -0.05) is 0 Å². The second-order valence-electron chi connectivity index (χ2n) is 4.19. The average molecular weight is 272 g/mol. The Kier molecular flexibility index (Phi) is 4.55. The number of hydrogen-bond acceptors (Lipinski definition) is 4. The van der Waals surface area contributed by atoms with Crippen LogP contribution >= 0.6 is 0 Å². The summed E-state index contributed by atoms with van der Waals surface area (Å²) in [7, 11) is 1.58. The van der Waals surface area contributed by atoms with E-state index in [2.05, 4.69) is 10.3 Å². The third-order valence-electron chi connectivity index (χ3n) is 2.63. The minimum absolute atomic E-state index is 0.129. The summed E-state index contributed by atoms with van der Waals surface area (Å²) >= 11 is 0. The minimum Gasteiger partial charge on any atom is -0.493 e. The van der Waals surface area contributed by atoms with Crippen molar-refractivity contribution in [3.8, 4) is 11.5 Å². The topological polar surface area (TPSA) is 60.5 Å². The van der Waals surface area contributed by atoms with Crippen molar-refractivity contribution in [2.75, 3.05) is 12.4 Å². The predicted octanol–water partition coefficient (Wildman–Crippen LogP) is 2.63. The molecule has 1 aromatic carbocycles. The molecule has 1 aromatic heterocycles. The maximum atomic E-state index is 11.1. The molecule has 0 spiro atoms. The summed E-state index contributed by atoms with van der Waals surface area (Å²) in [5.74, 6) is 1.07. The van der Waals surface area contributed by atoms with Crippen LogP contribution in [0, 0.1) is 0 Å². The second kappa shape index (κ2) is 6.56. The number of pyridine rings is 1. The molecule has 0 aliphatic heterocycles. The number of nitrogens with zero attached hydrogens (tertiary/aromatic N) is 1. The molecule has 0 saturated heterocycles. The van der Waals surface area contributed by atoms with E-state index in [0.717, 1.165) is 5.56 Å². The van der Waals surface area contributed by atoms with E-state index in [9.17, 15) is 4.79 Å². The standard InChI is InChI=1S/C15H16N2O3/c1-11(18)17-13-3-4-14(19-2)15(9-13)20-10-12-5-7-16-8-6-12/h3-9H,10H2,1-2H3,(H,17,18). The summed E-state index contributed by atoms with van der Waals surface area (Å²) in [6.07, 6.45) is 3.42. The normalized spacial score (nSPS) is 9.90. The van der Waals surface area contributed by atoms with Gasteiger partial charge < -0.3 is 14.8 Å². The van der Waals surface area contributed by atoms with E-state index in [1.165, 1.54) is 6.92 Å². The second-order valence-corrected chi connectivity index (χ2v) is 4.19. The SMILES string of the molecule is COc1ccc(NC(C)=O)cc1OCc1ccncc1. The van der Waals surface area contributed by atoms with Crippen molar-refractivity contribution in [1.82, 2.24) is 4.98 Å². The first-order chi connectivity index (χ1) is 9.69. The fourth-order valence-electron chi connectivity index (χ4n) is 1.71. The molecular formula is C15H16N2O3. The number of hydrogen-bond donors (Lipinski definition) is 1. The van der Waals surface area contributed by atoms with E-state index in [-0.39, 0.29) is 5.91 Å². The molecule has 20 heavy (non-hydrogen) atoms. The van der Waals surface area contributed by atoms with Gasteiger partial charge in [0.2, 0.25) is 5.91 Å². The van der Waals surface area contributed by atoms with E-state index in [0.29, 0.717) is 23.8 Å². The third-order valence-corrected chi connectivity index (χ3v) is 2.63. The molecule has 104 valence electrons. The Morgan fingerprint density at radius 1 is 1.20 bits per heavy atom. The Hall–Kier alpha value is -2.56. The quantitative estimate of drug-likeness (QED) is 0.909. The summed E-state index contributed by atoms with van der Waals surface area (Å²) in [5, 5.41) is 2.71. The highest BCUT2D eigenvalue weighted by atomic mass is 16.5. The maximum absolute atomic E-state index is 11.1. The molecule has 2 rings (SSSR count). The number of nitrogens with one attached hydrogen (secondary N) is 1. The molecule has 0 unspecified atom stereocenters. The number of carbonyl (C=O) groups excluding carboxylic acids is 1. The number of anilines is 1. The number of rotatable bonds is 5. The summed E-state index contributed by atoms with van der Waals surface area (Å²) in [6.45, 7) is 1.87. The van der Waals surface area contributed by atoms with Crippen LogP contribution in [0.15, 0.2) is 42.7 Å². The third kappa shape index (κ3) is 3.71. The van der Waals surface area contributed by atoms with Crippen molar-refractivity contribution in [3.63, 3.8) is 0 Å². The number of aromatic nitrogens is 1. The molecule has 1 amide bonds. The molecule has 0 aliphatic carbocycles. The van der Waals surface area contributed by atoms with Crippen LogP contribution in [0.25, 0.3) is 0 Å². The minimum atomic E-state index is -0.129. The van der Waals surface area contributed by atoms with Gasteiger partial charge in [0, 0.05) is 31.1 Å². The largest absolute Gasteiger partial charge is 0.493 e. The Bertz CT molecular complexity index is 585. The van der Waals surface area contributed by atoms with Crippen molar-refractivity contribution >= 4 is 11.6 Å². The lowest BCUT2D eigenvalue weighted by molar-refractivity contribution is -0.114. The van der Waals surface area contributed by atoms with Crippen molar-refractivity contribution in [2.45, 2.75) is 13.5 Å². The maximum Gasteiger partial charge on any atom is 0.221 e. The molecule has 5 heteroatoms. The van der Waals surface area contributed by atoms with Gasteiger partial charge in [-0.05, 0) is 29.8 Å². The van der Waals surface area contributed by atoms with Gasteiger partial charge in [0.25, 0.3) is 0 Å². The van der Waals surface area contributed by atoms with Crippen molar-refractivity contribution < 1.29 is 14.3 Å². The van der Waals surface area contributed by atoms with Crippen LogP contribution in [-0.4, -0.2) is 18.0 Å². The smallest absolute Gasteiger partial charge is 0.221 e. The van der Waals surface area contributed by atoms with Crippen LogP contribution in [0.5, 0.6) is 11.5 Å². The first-order valence-electron chi connectivity index (χ1n) is 6.16. The van der Waals surface area contributed by atoms with Crippen molar-refractivity contribution in [2.24, 2.45) is 0 Å². The van der Waals surface area contributed by atoms with Crippen LogP contribution in [0.3, 0.4) is 0 Å². The summed E-state index contributed by atoms with van der Waals surface area (Å²) in [4.78, 5) is 15.0. The molecular weight excluding hydrogens is 256 g/mol. The van der Waals surface area contributed by atoms with Crippen LogP contribution in [-0.2, 0) is 11.4 Å². The summed E-state index contributed by atoms with van der Waals surface area (Å²) in [5.41, 5.74) is 1.68. The summed E-state index contributed by atoms with van der Waals surface area (Å²) < 4.78 is 11.0. The Labute approximate surface area is 117 Å². The molecule has 0 saturated carbocycles. The van der Waals surface area contributed by atoms with Crippen LogP contribution in [0.4, 0.5) is 5.69 Å². The monoisotopic (exact) mass is 272 g/mol. The lowest BCUT2D eigenvalue weighted by Crippen LogP contribution is -2.06. The number of ether oxygens (including phenoxy) is 2. The van der Waals surface area contributed by atoms with Gasteiger partial charge in [0.15, 0.2) is 11.5 Å². The fraction of sp³-hybridized carbons (Fsp3) is 0.200. The van der Waals surface area contributed by atoms with Gasteiger partial charge in [-0.15, -0.1) is 0 Å². The lowest BCUT2D eigenvalue weighted by atomic mass is 10.2. The van der Waals surface area contributed by atoms with Gasteiger partial charge in [0.05, 0.1) is 7.11 Å². The molecule has 0 bridgehead atoms. The van der Waals surface area contributed by atoms with E-state index in [1.54, 1.807) is 37.7 Å². The van der Waals surface area contributed by atoms with Crippen LogP contribution < -0.4 is 14.8 Å². The van der Waals surface area contributed by atoms with Crippen LogP contribution in [0.2, 0.25) is 0 Å². The Balaban J connectivity index is 2.13. The molecule has 0 aliphatic rings. The van der Waals surface area contributed by atoms with Gasteiger partial charge in [-0.25, -0.2) is 0 Å². The number of carbonyl (C=O) groups is 1. The van der Waals surface area contributed by atoms with E-state index in [4.69, 9.17) is 9.47 Å². The van der Waals surface area contributed by atoms with E-state index in [1.807, 2.05) is 12.1 Å². The molecule has 1 N–H and O–H groups in total. The predicted molar refractivity (Wildman–Crippen MR) is 75.9 cm³/mol. The zero-order chi connectivity index (χ0) is 14.4. The zero-order valence-electron chi connectivity index (χ0n) is 11.4. The zero-order valence-corrected chi connectivity index (χ0v) is 11.4.